The fourth-order valence-corrected chi connectivity index (χ4v) is 11.1. The number of aromatic nitrogens is 3. The van der Waals surface area contributed by atoms with Crippen molar-refractivity contribution in [3.05, 3.63) is 183 Å². The Balaban J connectivity index is 1.18. The van der Waals surface area contributed by atoms with E-state index >= 15 is 0 Å². The Kier molecular flexibility index (Phi) is 7.26. The van der Waals surface area contributed by atoms with Crippen molar-refractivity contribution in [3.63, 3.8) is 0 Å². The molecule has 0 spiro atoms. The SMILES string of the molecule is c1ccc(-c2cccc3oc4cccc(-c5nc(-c6ccccc6-c6cccc7c6[I-]c6ccccc6-7)nc(-c6cccc7ccccc67)n5)c4c23)cc1. The van der Waals surface area contributed by atoms with Crippen LogP contribution in [0.4, 0.5) is 0 Å². The minimum Gasteiger partial charge on any atom is -0.0617 e. The Labute approximate surface area is 322 Å². The van der Waals surface area contributed by atoms with Crippen LogP contribution >= 0.6 is 0 Å². The summed E-state index contributed by atoms with van der Waals surface area (Å²) in [5, 5.41) is 4.27. The van der Waals surface area contributed by atoms with Crippen molar-refractivity contribution >= 4 is 32.7 Å². The number of nitrogens with zero attached hydrogens (tertiary/aromatic N) is 3. The van der Waals surface area contributed by atoms with Gasteiger partial charge in [0.2, 0.25) is 0 Å². The number of hydrogen-bond acceptors (Lipinski definition) is 4. The molecule has 0 unspecified atom stereocenters. The Hall–Kier alpha value is -6.44. The minimum atomic E-state index is -0.353. The van der Waals surface area contributed by atoms with Crippen LogP contribution in [0.2, 0.25) is 0 Å². The smallest absolute Gasteiger partial charge is 0.0544 e. The van der Waals surface area contributed by atoms with Crippen LogP contribution in [-0.2, 0) is 0 Å². The van der Waals surface area contributed by atoms with Crippen molar-refractivity contribution < 1.29 is 25.6 Å². The summed E-state index contributed by atoms with van der Waals surface area (Å²) in [5.41, 5.74) is 11.8. The molecule has 11 rings (SSSR count). The topological polar surface area (TPSA) is 51.8 Å². The fraction of sp³-hybridized carbons (Fsp3) is 0. The molecule has 0 aliphatic carbocycles. The quantitative estimate of drug-likeness (QED) is 0.163. The maximum atomic E-state index is 6.54. The van der Waals surface area contributed by atoms with Crippen LogP contribution in [-0.4, -0.2) is 15.0 Å². The third-order valence-electron chi connectivity index (χ3n) is 10.3. The Morgan fingerprint density at radius 2 is 0.852 bits per heavy atom. The molecule has 3 heterocycles. The molecule has 0 bridgehead atoms. The molecule has 2 aromatic heterocycles. The molecule has 54 heavy (non-hydrogen) atoms. The second-order valence-corrected chi connectivity index (χ2v) is 16.2. The van der Waals surface area contributed by atoms with Gasteiger partial charge in [0, 0.05) is 0 Å². The van der Waals surface area contributed by atoms with E-state index in [2.05, 4.69) is 152 Å². The molecular weight excluding hydrogens is 773 g/mol. The first-order chi connectivity index (χ1) is 26.8. The average Bonchev–Trinajstić information content (AvgIpc) is 3.82. The van der Waals surface area contributed by atoms with Gasteiger partial charge < -0.3 is 0 Å². The molecule has 0 N–H and O–H groups in total. The van der Waals surface area contributed by atoms with Gasteiger partial charge in [-0.1, -0.05) is 36.4 Å². The van der Waals surface area contributed by atoms with Crippen LogP contribution in [0.25, 0.3) is 100 Å². The van der Waals surface area contributed by atoms with Gasteiger partial charge in [-0.15, -0.1) is 0 Å². The molecular formula is C49H29IN3O-. The van der Waals surface area contributed by atoms with E-state index in [1.165, 1.54) is 23.8 Å². The first-order valence-corrected chi connectivity index (χ1v) is 20.2. The van der Waals surface area contributed by atoms with Crippen LogP contribution in [0.5, 0.6) is 0 Å². The number of benzene rings is 8. The van der Waals surface area contributed by atoms with Gasteiger partial charge >= 0.3 is 287 Å². The zero-order chi connectivity index (χ0) is 35.6. The molecule has 5 heteroatoms. The van der Waals surface area contributed by atoms with E-state index < -0.39 is 0 Å². The predicted octanol–water partition coefficient (Wildman–Crippen LogP) is 9.37. The van der Waals surface area contributed by atoms with E-state index in [-0.39, 0.29) is 21.2 Å². The number of hydrogen-bond donors (Lipinski definition) is 0. The first-order valence-electron chi connectivity index (χ1n) is 18.0. The van der Waals surface area contributed by atoms with Crippen LogP contribution in [0.15, 0.2) is 180 Å². The van der Waals surface area contributed by atoms with E-state index in [0.717, 1.165) is 66.1 Å². The zero-order valence-electron chi connectivity index (χ0n) is 28.9. The van der Waals surface area contributed by atoms with Crippen LogP contribution in [0.1, 0.15) is 0 Å². The van der Waals surface area contributed by atoms with Crippen LogP contribution < -0.4 is 21.2 Å². The third-order valence-corrected chi connectivity index (χ3v) is 13.6. The Morgan fingerprint density at radius 1 is 0.352 bits per heavy atom. The van der Waals surface area contributed by atoms with Gasteiger partial charge in [-0.2, -0.15) is 0 Å². The molecule has 4 nitrogen and oxygen atoms in total. The van der Waals surface area contributed by atoms with E-state index in [4.69, 9.17) is 19.4 Å². The van der Waals surface area contributed by atoms with Gasteiger partial charge in [-0.05, 0) is 0 Å². The maximum absolute atomic E-state index is 6.54. The van der Waals surface area contributed by atoms with E-state index in [1.54, 1.807) is 0 Å². The summed E-state index contributed by atoms with van der Waals surface area (Å²) >= 11 is -0.353. The molecule has 0 amide bonds. The van der Waals surface area contributed by atoms with Crippen molar-refractivity contribution in [2.75, 3.05) is 0 Å². The third kappa shape index (κ3) is 5.00. The number of furan rings is 1. The van der Waals surface area contributed by atoms with Crippen molar-refractivity contribution in [2.24, 2.45) is 0 Å². The van der Waals surface area contributed by atoms with Crippen molar-refractivity contribution in [2.45, 2.75) is 0 Å². The second-order valence-electron chi connectivity index (χ2n) is 13.4. The Morgan fingerprint density at radius 3 is 1.67 bits per heavy atom. The largest absolute Gasteiger partial charge is 0.0617 e. The molecule has 8 aromatic carbocycles. The Bertz CT molecular complexity index is 3090. The van der Waals surface area contributed by atoms with E-state index in [1.807, 2.05) is 24.3 Å². The van der Waals surface area contributed by atoms with E-state index in [9.17, 15) is 0 Å². The second kappa shape index (κ2) is 12.6. The summed E-state index contributed by atoms with van der Waals surface area (Å²) in [6.07, 6.45) is 0. The molecule has 1 aliphatic heterocycles. The van der Waals surface area contributed by atoms with Crippen molar-refractivity contribution in [1.82, 2.24) is 15.0 Å². The van der Waals surface area contributed by atoms with Gasteiger partial charge in [0.1, 0.15) is 0 Å². The summed E-state index contributed by atoms with van der Waals surface area (Å²) in [7, 11) is 0. The summed E-state index contributed by atoms with van der Waals surface area (Å²) in [6, 6.07) is 61.9. The first kappa shape index (κ1) is 31.1. The van der Waals surface area contributed by atoms with Crippen LogP contribution in [0, 0.1) is 7.14 Å². The molecule has 0 fully saturated rings. The van der Waals surface area contributed by atoms with Gasteiger partial charge in [0.25, 0.3) is 0 Å². The standard InChI is InChI=1S/C49H29IN3O/c1-2-14-31(15-3-1)33-22-12-28-42-44(33)45-40(26-13-29-43(45)54-42)49-52-47(38-25-10-17-30-16-4-5-18-32(30)38)51-48(53-49)39-21-7-6-19-34(39)36-23-11-24-37-35-20-8-9-27-41(35)50-46(36)37/h1-29H/q-1. The van der Waals surface area contributed by atoms with Gasteiger partial charge in [-0.25, -0.2) is 0 Å². The normalized spacial score (nSPS) is 12.1. The number of halogens is 1. The van der Waals surface area contributed by atoms with Crippen molar-refractivity contribution in [3.8, 4) is 67.5 Å². The summed E-state index contributed by atoms with van der Waals surface area (Å²) in [6.45, 7) is 0. The number of fused-ring (bicyclic) bond motifs is 7. The molecule has 0 saturated carbocycles. The van der Waals surface area contributed by atoms with E-state index in [0.29, 0.717) is 17.5 Å². The fourth-order valence-electron chi connectivity index (χ4n) is 7.90. The van der Waals surface area contributed by atoms with Crippen molar-refractivity contribution in [1.29, 1.82) is 0 Å². The minimum absolute atomic E-state index is 0.353. The van der Waals surface area contributed by atoms with Crippen LogP contribution in [0.3, 0.4) is 0 Å². The maximum Gasteiger partial charge on any atom is -0.0544 e. The molecule has 0 saturated heterocycles. The van der Waals surface area contributed by atoms with Gasteiger partial charge in [0.05, 0.1) is 0 Å². The number of rotatable bonds is 5. The molecule has 1 aliphatic rings. The molecule has 254 valence electrons. The summed E-state index contributed by atoms with van der Waals surface area (Å²) in [5.74, 6) is 1.87. The summed E-state index contributed by atoms with van der Waals surface area (Å²) in [4.78, 5) is 16.0. The zero-order valence-corrected chi connectivity index (χ0v) is 31.0. The molecule has 0 atom stereocenters. The summed E-state index contributed by atoms with van der Waals surface area (Å²) < 4.78 is 9.45. The molecule has 10 aromatic rings. The van der Waals surface area contributed by atoms with Gasteiger partial charge in [0.15, 0.2) is 0 Å². The monoisotopic (exact) mass is 802 g/mol. The average molecular weight is 803 g/mol. The predicted molar refractivity (Wildman–Crippen MR) is 215 cm³/mol. The van der Waals surface area contributed by atoms with Gasteiger partial charge in [-0.3, -0.25) is 0 Å². The molecule has 0 radical (unpaired) electrons.